The van der Waals surface area contributed by atoms with E-state index in [0.717, 1.165) is 12.4 Å². The summed E-state index contributed by atoms with van der Waals surface area (Å²) in [5.41, 5.74) is 4.43. The lowest BCUT2D eigenvalue weighted by molar-refractivity contribution is -0.149. The van der Waals surface area contributed by atoms with Gasteiger partial charge in [0.15, 0.2) is 11.6 Å². The second-order valence-electron chi connectivity index (χ2n) is 6.02. The van der Waals surface area contributed by atoms with Crippen LogP contribution in [0.15, 0.2) is 23.1 Å². The topological polar surface area (TPSA) is 90.5 Å². The van der Waals surface area contributed by atoms with Crippen LogP contribution in [0.1, 0.15) is 26.6 Å². The third-order valence-electron chi connectivity index (χ3n) is 2.60. The zero-order valence-corrected chi connectivity index (χ0v) is 14.0. The second-order valence-corrected chi connectivity index (χ2v) is 6.02. The molecule has 0 bridgehead atoms. The maximum atomic E-state index is 13.1. The first kappa shape index (κ1) is 19.9. The standard InChI is InChI=1S/C14H16B3FN4O2/c1-13(2,3)24-12(23)9(19)8(10(20-4)14(15,16)17)11-21-5-7(18)6-22-11/h5-6H,19H2,1-4H3/b9-8+,20-10?. The number of nitrogens with zero attached hydrogens (tertiary/aromatic N) is 3. The number of halogens is 1. The lowest BCUT2D eigenvalue weighted by atomic mass is 9.39. The molecule has 1 heterocycles. The van der Waals surface area contributed by atoms with Crippen LogP contribution in [-0.2, 0) is 9.53 Å². The third kappa shape index (κ3) is 5.21. The zero-order valence-electron chi connectivity index (χ0n) is 14.0. The highest BCUT2D eigenvalue weighted by atomic mass is 19.1. The summed E-state index contributed by atoms with van der Waals surface area (Å²) < 4.78 is 18.3. The van der Waals surface area contributed by atoms with Gasteiger partial charge in [-0.3, -0.25) is 4.99 Å². The molecule has 6 radical (unpaired) electrons. The Bertz CT molecular complexity index is 677. The molecular formula is C14H16B3FN4O2. The van der Waals surface area contributed by atoms with Crippen molar-refractivity contribution in [1.29, 1.82) is 0 Å². The quantitative estimate of drug-likeness (QED) is 0.372. The molecule has 0 spiro atoms. The molecule has 0 aromatic carbocycles. The summed E-state index contributed by atoms with van der Waals surface area (Å²) in [6.07, 6.45) is 1.78. The Kier molecular flexibility index (Phi) is 5.97. The highest BCUT2D eigenvalue weighted by molar-refractivity contribution is 6.73. The fourth-order valence-corrected chi connectivity index (χ4v) is 1.75. The van der Waals surface area contributed by atoms with Gasteiger partial charge in [0.2, 0.25) is 0 Å². The molecule has 0 saturated carbocycles. The number of allylic oxidation sites excluding steroid dienone is 1. The largest absolute Gasteiger partial charge is 0.455 e. The van der Waals surface area contributed by atoms with Gasteiger partial charge in [0.05, 0.1) is 41.5 Å². The monoisotopic (exact) mass is 324 g/mol. The number of esters is 1. The van der Waals surface area contributed by atoms with Crippen molar-refractivity contribution in [3.8, 4) is 0 Å². The lowest BCUT2D eigenvalue weighted by Gasteiger charge is -2.26. The number of carbonyl (C=O) groups is 1. The summed E-state index contributed by atoms with van der Waals surface area (Å²) in [6, 6.07) is 0. The number of aromatic nitrogens is 2. The molecule has 6 nitrogen and oxygen atoms in total. The Morgan fingerprint density at radius 2 is 1.75 bits per heavy atom. The molecule has 0 aliphatic heterocycles. The minimum absolute atomic E-state index is 0.119. The first-order valence-corrected chi connectivity index (χ1v) is 6.92. The van der Waals surface area contributed by atoms with Crippen LogP contribution in [0.4, 0.5) is 4.39 Å². The fraction of sp³-hybridized carbons (Fsp3) is 0.429. The first-order valence-electron chi connectivity index (χ1n) is 6.92. The highest BCUT2D eigenvalue weighted by Crippen LogP contribution is 2.27. The van der Waals surface area contributed by atoms with Crippen LogP contribution in [0.3, 0.4) is 0 Å². The summed E-state index contributed by atoms with van der Waals surface area (Å²) in [5, 5.41) is -1.94. The van der Waals surface area contributed by atoms with Gasteiger partial charge in [-0.25, -0.2) is 19.2 Å². The predicted octanol–water partition coefficient (Wildman–Crippen LogP) is 0.277. The molecule has 120 valence electrons. The molecule has 10 heteroatoms. The van der Waals surface area contributed by atoms with E-state index in [-0.39, 0.29) is 17.1 Å². The van der Waals surface area contributed by atoms with Gasteiger partial charge in [0.25, 0.3) is 0 Å². The summed E-state index contributed by atoms with van der Waals surface area (Å²) >= 11 is 0. The SMILES string of the molecule is [B]C([B])([B])C(=NC)/C(=C(\N)C(=O)OC(C)(C)C)c1ncc(F)cn1. The number of rotatable bonds is 4. The maximum Gasteiger partial charge on any atom is 0.355 e. The summed E-state index contributed by atoms with van der Waals surface area (Å²) in [5.74, 6) is -1.66. The number of aliphatic imine (C=N–C) groups is 1. The molecule has 1 aromatic heterocycles. The average molecular weight is 324 g/mol. The van der Waals surface area contributed by atoms with Gasteiger partial charge in [-0.2, -0.15) is 0 Å². The van der Waals surface area contributed by atoms with Crippen LogP contribution in [0, 0.1) is 5.82 Å². The Morgan fingerprint density at radius 3 is 2.12 bits per heavy atom. The molecule has 2 N–H and O–H groups in total. The van der Waals surface area contributed by atoms with Crippen molar-refractivity contribution in [2.75, 3.05) is 7.05 Å². The van der Waals surface area contributed by atoms with Gasteiger partial charge < -0.3 is 10.5 Å². The molecule has 0 saturated heterocycles. The molecular weight excluding hydrogens is 308 g/mol. The number of hydrogen-bond donors (Lipinski definition) is 1. The first-order chi connectivity index (χ1) is 10.9. The number of nitrogens with two attached hydrogens (primary N) is 1. The van der Waals surface area contributed by atoms with Gasteiger partial charge in [0, 0.05) is 12.8 Å². The number of ether oxygens (including phenoxy) is 1. The van der Waals surface area contributed by atoms with E-state index in [1.54, 1.807) is 20.8 Å². The van der Waals surface area contributed by atoms with E-state index in [0.29, 0.717) is 0 Å². The molecule has 1 aromatic rings. The summed E-state index contributed by atoms with van der Waals surface area (Å²) in [7, 11) is 18.4. The van der Waals surface area contributed by atoms with Crippen molar-refractivity contribution in [2.45, 2.75) is 31.5 Å². The normalized spacial score (nSPS) is 14.1. The van der Waals surface area contributed by atoms with Crippen molar-refractivity contribution in [1.82, 2.24) is 9.97 Å². The molecule has 0 aliphatic carbocycles. The molecule has 0 unspecified atom stereocenters. The minimum atomic E-state index is -1.94. The van der Waals surface area contributed by atoms with Crippen molar-refractivity contribution >= 4 is 40.8 Å². The van der Waals surface area contributed by atoms with E-state index in [9.17, 15) is 9.18 Å². The van der Waals surface area contributed by atoms with E-state index in [1.807, 2.05) is 0 Å². The molecule has 0 amide bonds. The van der Waals surface area contributed by atoms with Crippen LogP contribution < -0.4 is 5.73 Å². The Hall–Kier alpha value is -2.12. The van der Waals surface area contributed by atoms with Crippen molar-refractivity contribution in [3.63, 3.8) is 0 Å². The number of hydrogen-bond acceptors (Lipinski definition) is 6. The second kappa shape index (κ2) is 7.19. The van der Waals surface area contributed by atoms with Crippen LogP contribution >= 0.6 is 0 Å². The number of carbonyl (C=O) groups excluding carboxylic acids is 1. The van der Waals surface area contributed by atoms with Gasteiger partial charge in [-0.05, 0) is 20.8 Å². The zero-order chi connectivity index (χ0) is 18.7. The summed E-state index contributed by atoms with van der Waals surface area (Å²) in [4.78, 5) is 23.7. The highest BCUT2D eigenvalue weighted by Gasteiger charge is 2.30. The minimum Gasteiger partial charge on any atom is -0.455 e. The maximum absolute atomic E-state index is 13.1. The molecule has 0 fully saturated rings. The van der Waals surface area contributed by atoms with E-state index >= 15 is 0 Å². The van der Waals surface area contributed by atoms with Crippen molar-refractivity contribution < 1.29 is 13.9 Å². The van der Waals surface area contributed by atoms with E-state index in [1.165, 1.54) is 7.05 Å². The Morgan fingerprint density at radius 1 is 1.25 bits per heavy atom. The van der Waals surface area contributed by atoms with E-state index in [4.69, 9.17) is 34.0 Å². The predicted molar refractivity (Wildman–Crippen MR) is 92.3 cm³/mol. The fourth-order valence-electron chi connectivity index (χ4n) is 1.75. The van der Waals surface area contributed by atoms with Crippen LogP contribution in [-0.4, -0.2) is 57.8 Å². The van der Waals surface area contributed by atoms with Crippen LogP contribution in [0.25, 0.3) is 5.57 Å². The third-order valence-corrected chi connectivity index (χ3v) is 2.60. The Labute approximate surface area is 144 Å². The van der Waals surface area contributed by atoms with Gasteiger partial charge in [-0.15, -0.1) is 0 Å². The molecule has 24 heavy (non-hydrogen) atoms. The molecule has 0 aliphatic rings. The smallest absolute Gasteiger partial charge is 0.355 e. The van der Waals surface area contributed by atoms with E-state index in [2.05, 4.69) is 15.0 Å². The van der Waals surface area contributed by atoms with E-state index < -0.39 is 28.2 Å². The van der Waals surface area contributed by atoms with Gasteiger partial charge in [0.1, 0.15) is 11.3 Å². The Balaban J connectivity index is 3.56. The van der Waals surface area contributed by atoms with Crippen molar-refractivity contribution in [2.24, 2.45) is 10.7 Å². The molecule has 1 rings (SSSR count). The van der Waals surface area contributed by atoms with Crippen molar-refractivity contribution in [3.05, 3.63) is 29.7 Å². The van der Waals surface area contributed by atoms with Crippen LogP contribution in [0.2, 0.25) is 5.11 Å². The average Bonchev–Trinajstić information content (AvgIpc) is 2.42. The summed E-state index contributed by atoms with van der Waals surface area (Å²) in [6.45, 7) is 5.00. The van der Waals surface area contributed by atoms with Gasteiger partial charge >= 0.3 is 5.97 Å². The lowest BCUT2D eigenvalue weighted by Crippen LogP contribution is -2.33. The molecule has 0 atom stereocenters. The van der Waals surface area contributed by atoms with Gasteiger partial charge in [-0.1, -0.05) is 5.11 Å². The van der Waals surface area contributed by atoms with Crippen LogP contribution in [0.5, 0.6) is 0 Å².